The van der Waals surface area contributed by atoms with Gasteiger partial charge in [-0.05, 0) is 24.3 Å². The van der Waals surface area contributed by atoms with Crippen molar-refractivity contribution in [2.75, 3.05) is 11.1 Å². The fourth-order valence-corrected chi connectivity index (χ4v) is 3.27. The number of hydrogen-bond donors (Lipinski definition) is 3. The van der Waals surface area contributed by atoms with Gasteiger partial charge in [0.2, 0.25) is 0 Å². The van der Waals surface area contributed by atoms with E-state index in [-0.39, 0.29) is 5.91 Å². The number of benzene rings is 2. The summed E-state index contributed by atoms with van der Waals surface area (Å²) < 4.78 is 0. The van der Waals surface area contributed by atoms with Crippen LogP contribution in [0.2, 0.25) is 0 Å². The minimum atomic E-state index is -0.185. The van der Waals surface area contributed by atoms with E-state index >= 15 is 0 Å². The molecule has 4 N–H and O–H groups in total. The van der Waals surface area contributed by atoms with E-state index in [9.17, 15) is 4.79 Å². The normalized spacial score (nSPS) is 10.9. The van der Waals surface area contributed by atoms with Crippen LogP contribution in [-0.4, -0.2) is 16.9 Å². The van der Waals surface area contributed by atoms with E-state index in [1.165, 1.54) is 4.88 Å². The van der Waals surface area contributed by atoms with Crippen LogP contribution < -0.4 is 16.4 Å². The van der Waals surface area contributed by atoms with Crippen molar-refractivity contribution in [3.05, 3.63) is 65.2 Å². The summed E-state index contributed by atoms with van der Waals surface area (Å²) in [6.45, 7) is 5.05. The topological polar surface area (TPSA) is 80.0 Å². The molecule has 1 aromatic heterocycles. The molecule has 0 saturated carbocycles. The molecule has 5 nitrogen and oxygen atoms in total. The third kappa shape index (κ3) is 4.47. The van der Waals surface area contributed by atoms with E-state index in [0.717, 1.165) is 17.1 Å². The summed E-state index contributed by atoms with van der Waals surface area (Å²) in [6, 6.07) is 15.1. The monoisotopic (exact) mass is 366 g/mol. The minimum Gasteiger partial charge on any atom is -0.397 e. The Labute approximate surface area is 157 Å². The molecule has 0 unspecified atom stereocenters. The van der Waals surface area contributed by atoms with Crippen molar-refractivity contribution < 1.29 is 4.79 Å². The van der Waals surface area contributed by atoms with Crippen molar-refractivity contribution in [2.45, 2.75) is 26.4 Å². The highest BCUT2D eigenvalue weighted by Gasteiger charge is 2.10. The fourth-order valence-electron chi connectivity index (χ4n) is 2.40. The summed E-state index contributed by atoms with van der Waals surface area (Å²) in [5, 5.41) is 7.17. The van der Waals surface area contributed by atoms with Crippen LogP contribution in [0.1, 0.15) is 29.1 Å². The van der Waals surface area contributed by atoms with E-state index in [4.69, 9.17) is 5.73 Å². The zero-order valence-electron chi connectivity index (χ0n) is 14.8. The molecule has 1 amide bonds. The molecule has 0 saturated heterocycles. The second-order valence-corrected chi connectivity index (χ2v) is 7.40. The van der Waals surface area contributed by atoms with Crippen molar-refractivity contribution in [1.82, 2.24) is 10.3 Å². The number of aromatic nitrogens is 1. The van der Waals surface area contributed by atoms with Crippen molar-refractivity contribution in [3.63, 3.8) is 0 Å². The Bertz CT molecular complexity index is 887. The molecule has 134 valence electrons. The highest BCUT2D eigenvalue weighted by molar-refractivity contribution is 7.15. The standard InChI is InChI=1S/C20H22N4OS/c1-13(2)22-11-16-12-23-20(26-16)15-9-7-14(8-10-15)19(25)24-18-6-4-3-5-17(18)21/h3-10,12-13,22H,11,21H2,1-2H3,(H,24,25). The van der Waals surface area contributed by atoms with Crippen LogP contribution in [-0.2, 0) is 6.54 Å². The molecule has 6 heteroatoms. The Morgan fingerprint density at radius 1 is 1.15 bits per heavy atom. The average Bonchev–Trinajstić information content (AvgIpc) is 3.11. The number of carbonyl (C=O) groups is 1. The fraction of sp³-hybridized carbons (Fsp3) is 0.200. The van der Waals surface area contributed by atoms with Gasteiger partial charge in [-0.15, -0.1) is 11.3 Å². The maximum Gasteiger partial charge on any atom is 0.255 e. The number of nitrogen functional groups attached to an aromatic ring is 1. The van der Waals surface area contributed by atoms with Gasteiger partial charge in [-0.25, -0.2) is 4.98 Å². The Hall–Kier alpha value is -2.70. The van der Waals surface area contributed by atoms with E-state index < -0.39 is 0 Å². The number of nitrogens with zero attached hydrogens (tertiary/aromatic N) is 1. The zero-order chi connectivity index (χ0) is 18.5. The lowest BCUT2D eigenvalue weighted by Gasteiger charge is -2.08. The summed E-state index contributed by atoms with van der Waals surface area (Å²) >= 11 is 1.66. The average molecular weight is 366 g/mol. The number of carbonyl (C=O) groups excluding carboxylic acids is 1. The second-order valence-electron chi connectivity index (χ2n) is 6.29. The summed E-state index contributed by atoms with van der Waals surface area (Å²) in [5.74, 6) is -0.185. The van der Waals surface area contributed by atoms with Crippen molar-refractivity contribution in [1.29, 1.82) is 0 Å². The Morgan fingerprint density at radius 3 is 2.58 bits per heavy atom. The SMILES string of the molecule is CC(C)NCc1cnc(-c2ccc(C(=O)Nc3ccccc3N)cc2)s1. The van der Waals surface area contributed by atoms with Crippen LogP contribution in [0.5, 0.6) is 0 Å². The minimum absolute atomic E-state index is 0.185. The number of hydrogen-bond acceptors (Lipinski definition) is 5. The third-order valence-corrected chi connectivity index (χ3v) is 4.89. The Balaban J connectivity index is 1.68. The molecule has 0 aliphatic carbocycles. The maximum absolute atomic E-state index is 12.4. The number of amides is 1. The predicted molar refractivity (Wildman–Crippen MR) is 108 cm³/mol. The van der Waals surface area contributed by atoms with E-state index in [1.54, 1.807) is 35.6 Å². The number of rotatable bonds is 6. The van der Waals surface area contributed by atoms with Crippen LogP contribution in [0.3, 0.4) is 0 Å². The molecule has 3 rings (SSSR count). The molecule has 0 fully saturated rings. The molecule has 0 bridgehead atoms. The maximum atomic E-state index is 12.4. The quantitative estimate of drug-likeness (QED) is 0.573. The molecule has 26 heavy (non-hydrogen) atoms. The van der Waals surface area contributed by atoms with Gasteiger partial charge in [-0.1, -0.05) is 38.1 Å². The largest absolute Gasteiger partial charge is 0.397 e. The first kappa shape index (κ1) is 18.1. The molecule has 3 aromatic rings. The third-order valence-electron chi connectivity index (χ3n) is 3.84. The Kier molecular flexibility index (Phi) is 5.65. The molecule has 0 atom stereocenters. The number of nitrogens with two attached hydrogens (primary N) is 1. The zero-order valence-corrected chi connectivity index (χ0v) is 15.6. The molecule has 0 radical (unpaired) electrons. The van der Waals surface area contributed by atoms with Crippen LogP contribution >= 0.6 is 11.3 Å². The number of anilines is 2. The molecular weight excluding hydrogens is 344 g/mol. The van der Waals surface area contributed by atoms with Gasteiger partial charge >= 0.3 is 0 Å². The van der Waals surface area contributed by atoms with E-state index in [2.05, 4.69) is 29.5 Å². The smallest absolute Gasteiger partial charge is 0.255 e. The van der Waals surface area contributed by atoms with Crippen molar-refractivity contribution in [2.24, 2.45) is 0 Å². The molecule has 0 aliphatic rings. The van der Waals surface area contributed by atoms with Gasteiger partial charge in [0, 0.05) is 34.8 Å². The molecule has 0 spiro atoms. The van der Waals surface area contributed by atoms with Crippen LogP contribution in [0.4, 0.5) is 11.4 Å². The molecule has 1 heterocycles. The van der Waals surface area contributed by atoms with Crippen molar-refractivity contribution >= 4 is 28.6 Å². The predicted octanol–water partition coefficient (Wildman–Crippen LogP) is 4.14. The molecule has 2 aromatic carbocycles. The lowest BCUT2D eigenvalue weighted by atomic mass is 10.1. The number of nitrogens with one attached hydrogen (secondary N) is 2. The summed E-state index contributed by atoms with van der Waals surface area (Å²) in [5.41, 5.74) is 8.61. The summed E-state index contributed by atoms with van der Waals surface area (Å²) in [7, 11) is 0. The van der Waals surface area contributed by atoms with Crippen LogP contribution in [0.25, 0.3) is 10.6 Å². The van der Waals surface area contributed by atoms with Gasteiger partial charge in [0.15, 0.2) is 0 Å². The van der Waals surface area contributed by atoms with Gasteiger partial charge in [-0.2, -0.15) is 0 Å². The lowest BCUT2D eigenvalue weighted by molar-refractivity contribution is 0.102. The molecule has 0 aliphatic heterocycles. The molecular formula is C20H22N4OS. The van der Waals surface area contributed by atoms with E-state index in [0.29, 0.717) is 23.0 Å². The van der Waals surface area contributed by atoms with Crippen molar-refractivity contribution in [3.8, 4) is 10.6 Å². The summed E-state index contributed by atoms with van der Waals surface area (Å²) in [4.78, 5) is 18.0. The Morgan fingerprint density at radius 2 is 1.88 bits per heavy atom. The van der Waals surface area contributed by atoms with Gasteiger partial charge in [0.25, 0.3) is 5.91 Å². The highest BCUT2D eigenvalue weighted by Crippen LogP contribution is 2.26. The number of para-hydroxylation sites is 2. The highest BCUT2D eigenvalue weighted by atomic mass is 32.1. The lowest BCUT2D eigenvalue weighted by Crippen LogP contribution is -2.21. The van der Waals surface area contributed by atoms with Gasteiger partial charge in [-0.3, -0.25) is 4.79 Å². The van der Waals surface area contributed by atoms with Gasteiger partial charge in [0.05, 0.1) is 11.4 Å². The first-order valence-corrected chi connectivity index (χ1v) is 9.29. The van der Waals surface area contributed by atoms with E-state index in [1.807, 2.05) is 30.5 Å². The first-order valence-electron chi connectivity index (χ1n) is 8.47. The second kappa shape index (κ2) is 8.12. The van der Waals surface area contributed by atoms with Crippen LogP contribution in [0.15, 0.2) is 54.7 Å². The number of thiazole rings is 1. The summed E-state index contributed by atoms with van der Waals surface area (Å²) in [6.07, 6.45) is 1.90. The van der Waals surface area contributed by atoms with Gasteiger partial charge < -0.3 is 16.4 Å². The van der Waals surface area contributed by atoms with Gasteiger partial charge in [0.1, 0.15) is 5.01 Å². The first-order chi connectivity index (χ1) is 12.5. The van der Waals surface area contributed by atoms with Crippen LogP contribution in [0, 0.1) is 0 Å².